The smallest absolute Gasteiger partial charge is 0.264 e. The number of unbranched alkanes of at least 4 members (excludes halogenated alkanes) is 1. The monoisotopic (exact) mass is 470 g/mol. The molecule has 0 spiro atoms. The van der Waals surface area contributed by atoms with E-state index < -0.39 is 10.0 Å². The van der Waals surface area contributed by atoms with E-state index in [1.807, 2.05) is 0 Å². The second-order valence-corrected chi connectivity index (χ2v) is 9.91. The van der Waals surface area contributed by atoms with Crippen LogP contribution in [0.15, 0.2) is 53.4 Å². The molecule has 0 radical (unpaired) electrons. The number of carbonyl (C=O) groups excluding carboxylic acids is 1. The van der Waals surface area contributed by atoms with Gasteiger partial charge in [0.25, 0.3) is 10.0 Å². The molecule has 0 saturated heterocycles. The topological polar surface area (TPSA) is 66.5 Å². The molecule has 2 rings (SSSR count). The van der Waals surface area contributed by atoms with Crippen molar-refractivity contribution in [3.8, 4) is 0 Å². The third-order valence-electron chi connectivity index (χ3n) is 4.88. The standard InChI is InChI=1S/C22H28Cl2N2O3S/c1-3-5-9-17(4-2)15-25-22(27)16-26(20-13-18(23)12-19(24)14-20)30(28,29)21-10-7-6-8-11-21/h6-8,10-14,17H,3-5,9,15-16H2,1-2H3,(H,25,27)/t17-/m1/s1. The number of rotatable bonds is 11. The molecule has 0 aliphatic rings. The van der Waals surface area contributed by atoms with Crippen molar-refractivity contribution in [1.29, 1.82) is 0 Å². The number of nitrogens with zero attached hydrogens (tertiary/aromatic N) is 1. The number of carbonyl (C=O) groups is 1. The molecule has 0 fully saturated rings. The van der Waals surface area contributed by atoms with Gasteiger partial charge in [-0.15, -0.1) is 0 Å². The van der Waals surface area contributed by atoms with Crippen molar-refractivity contribution < 1.29 is 13.2 Å². The highest BCUT2D eigenvalue weighted by atomic mass is 35.5. The average molecular weight is 471 g/mol. The van der Waals surface area contributed by atoms with Gasteiger partial charge in [0.05, 0.1) is 10.6 Å². The fourth-order valence-corrected chi connectivity index (χ4v) is 5.05. The van der Waals surface area contributed by atoms with Crippen LogP contribution in [0.25, 0.3) is 0 Å². The van der Waals surface area contributed by atoms with Crippen LogP contribution >= 0.6 is 23.2 Å². The Morgan fingerprint density at radius 3 is 2.27 bits per heavy atom. The first-order valence-electron chi connectivity index (χ1n) is 10.1. The first-order chi connectivity index (χ1) is 14.3. The molecule has 5 nitrogen and oxygen atoms in total. The Hall–Kier alpha value is -1.76. The molecule has 0 aliphatic heterocycles. The van der Waals surface area contributed by atoms with Crippen molar-refractivity contribution in [3.05, 3.63) is 58.6 Å². The van der Waals surface area contributed by atoms with Gasteiger partial charge in [-0.25, -0.2) is 8.42 Å². The third kappa shape index (κ3) is 6.89. The van der Waals surface area contributed by atoms with Crippen LogP contribution in [0.2, 0.25) is 10.0 Å². The van der Waals surface area contributed by atoms with Crippen molar-refractivity contribution >= 4 is 44.8 Å². The fourth-order valence-electron chi connectivity index (χ4n) is 3.11. The molecule has 2 aromatic rings. The normalized spacial score (nSPS) is 12.4. The van der Waals surface area contributed by atoms with Crippen molar-refractivity contribution in [2.45, 2.75) is 44.4 Å². The lowest BCUT2D eigenvalue weighted by molar-refractivity contribution is -0.119. The Bertz CT molecular complexity index is 916. The van der Waals surface area contributed by atoms with E-state index in [0.29, 0.717) is 12.5 Å². The number of hydrogen-bond donors (Lipinski definition) is 1. The van der Waals surface area contributed by atoms with E-state index in [1.54, 1.807) is 18.2 Å². The van der Waals surface area contributed by atoms with Crippen molar-refractivity contribution in [2.75, 3.05) is 17.4 Å². The maximum Gasteiger partial charge on any atom is 0.264 e. The summed E-state index contributed by atoms with van der Waals surface area (Å²) < 4.78 is 27.6. The van der Waals surface area contributed by atoms with Gasteiger partial charge < -0.3 is 5.32 Å². The van der Waals surface area contributed by atoms with Gasteiger partial charge in [-0.1, -0.05) is 74.5 Å². The van der Waals surface area contributed by atoms with Crippen molar-refractivity contribution in [2.24, 2.45) is 5.92 Å². The number of anilines is 1. The van der Waals surface area contributed by atoms with Gasteiger partial charge in [-0.2, -0.15) is 0 Å². The minimum Gasteiger partial charge on any atom is -0.354 e. The number of nitrogens with one attached hydrogen (secondary N) is 1. The maximum atomic E-state index is 13.3. The molecule has 1 N–H and O–H groups in total. The summed E-state index contributed by atoms with van der Waals surface area (Å²) in [6, 6.07) is 12.5. The molecule has 0 saturated carbocycles. The summed E-state index contributed by atoms with van der Waals surface area (Å²) in [6.07, 6.45) is 4.19. The molecule has 0 heterocycles. The van der Waals surface area contributed by atoms with Gasteiger partial charge in [0.2, 0.25) is 5.91 Å². The predicted molar refractivity (Wildman–Crippen MR) is 124 cm³/mol. The number of halogens is 2. The molecule has 0 unspecified atom stereocenters. The van der Waals surface area contributed by atoms with E-state index in [1.165, 1.54) is 30.3 Å². The predicted octanol–water partition coefficient (Wildman–Crippen LogP) is 5.52. The van der Waals surface area contributed by atoms with Gasteiger partial charge in [0.1, 0.15) is 6.54 Å². The van der Waals surface area contributed by atoms with Gasteiger partial charge in [-0.05, 0) is 42.7 Å². The Morgan fingerprint density at radius 1 is 1.07 bits per heavy atom. The number of hydrogen-bond acceptors (Lipinski definition) is 3. The quantitative estimate of drug-likeness (QED) is 0.469. The van der Waals surface area contributed by atoms with Crippen LogP contribution in [0.1, 0.15) is 39.5 Å². The van der Waals surface area contributed by atoms with E-state index in [4.69, 9.17) is 23.2 Å². The molecule has 8 heteroatoms. The van der Waals surface area contributed by atoms with Crippen molar-refractivity contribution in [1.82, 2.24) is 5.32 Å². The zero-order valence-corrected chi connectivity index (χ0v) is 19.6. The minimum absolute atomic E-state index is 0.0864. The first kappa shape index (κ1) is 24.5. The van der Waals surface area contributed by atoms with Crippen LogP contribution in [0.5, 0.6) is 0 Å². The van der Waals surface area contributed by atoms with Gasteiger partial charge in [0.15, 0.2) is 0 Å². The fraction of sp³-hybridized carbons (Fsp3) is 0.409. The molecule has 0 aliphatic carbocycles. The van der Waals surface area contributed by atoms with E-state index in [-0.39, 0.29) is 33.1 Å². The molecule has 1 amide bonds. The number of sulfonamides is 1. The highest BCUT2D eigenvalue weighted by Gasteiger charge is 2.27. The lowest BCUT2D eigenvalue weighted by Crippen LogP contribution is -2.42. The van der Waals surface area contributed by atoms with E-state index in [9.17, 15) is 13.2 Å². The lowest BCUT2D eigenvalue weighted by Gasteiger charge is -2.25. The summed E-state index contributed by atoms with van der Waals surface area (Å²) in [6.45, 7) is 4.38. The zero-order chi connectivity index (χ0) is 22.1. The molecular formula is C22H28Cl2N2O3S. The summed E-state index contributed by atoms with van der Waals surface area (Å²) in [7, 11) is -3.99. The van der Waals surface area contributed by atoms with E-state index in [0.717, 1.165) is 30.0 Å². The van der Waals surface area contributed by atoms with Gasteiger partial charge in [-0.3, -0.25) is 9.10 Å². The molecule has 0 aromatic heterocycles. The largest absolute Gasteiger partial charge is 0.354 e. The summed E-state index contributed by atoms with van der Waals surface area (Å²) in [5.41, 5.74) is 0.240. The molecule has 1 atom stereocenters. The van der Waals surface area contributed by atoms with Gasteiger partial charge >= 0.3 is 0 Å². The second kappa shape index (κ2) is 11.6. The van der Waals surface area contributed by atoms with Crippen LogP contribution in [-0.2, 0) is 14.8 Å². The summed E-state index contributed by atoms with van der Waals surface area (Å²) >= 11 is 12.2. The maximum absolute atomic E-state index is 13.3. The number of benzene rings is 2. The Balaban J connectivity index is 2.27. The van der Waals surface area contributed by atoms with Crippen LogP contribution in [0.4, 0.5) is 5.69 Å². The minimum atomic E-state index is -3.99. The summed E-state index contributed by atoms with van der Waals surface area (Å²) in [4.78, 5) is 12.8. The average Bonchev–Trinajstić information content (AvgIpc) is 2.72. The third-order valence-corrected chi connectivity index (χ3v) is 7.11. The summed E-state index contributed by atoms with van der Waals surface area (Å²) in [5, 5.41) is 3.46. The second-order valence-electron chi connectivity index (χ2n) is 7.17. The molecule has 0 bridgehead atoms. The Labute approximate surface area is 189 Å². The van der Waals surface area contributed by atoms with E-state index in [2.05, 4.69) is 19.2 Å². The van der Waals surface area contributed by atoms with Crippen molar-refractivity contribution in [3.63, 3.8) is 0 Å². The Kier molecular flexibility index (Phi) is 9.46. The molecule has 30 heavy (non-hydrogen) atoms. The van der Waals surface area contributed by atoms with Crippen LogP contribution < -0.4 is 9.62 Å². The van der Waals surface area contributed by atoms with E-state index >= 15 is 0 Å². The van der Waals surface area contributed by atoms with Crippen LogP contribution in [0.3, 0.4) is 0 Å². The summed E-state index contributed by atoms with van der Waals surface area (Å²) in [5.74, 6) is -0.00533. The molecular weight excluding hydrogens is 443 g/mol. The Morgan fingerprint density at radius 2 is 1.70 bits per heavy atom. The first-order valence-corrected chi connectivity index (χ1v) is 12.3. The van der Waals surface area contributed by atoms with Crippen LogP contribution in [-0.4, -0.2) is 27.4 Å². The van der Waals surface area contributed by atoms with Gasteiger partial charge in [0, 0.05) is 16.6 Å². The highest BCUT2D eigenvalue weighted by Crippen LogP contribution is 2.29. The van der Waals surface area contributed by atoms with Crippen LogP contribution in [0, 0.1) is 5.92 Å². The zero-order valence-electron chi connectivity index (χ0n) is 17.3. The highest BCUT2D eigenvalue weighted by molar-refractivity contribution is 7.92. The molecule has 164 valence electrons. The number of amides is 1. The molecule has 2 aromatic carbocycles. The SMILES string of the molecule is CCCC[C@@H](CC)CNC(=O)CN(c1cc(Cl)cc(Cl)c1)S(=O)(=O)c1ccccc1. The lowest BCUT2D eigenvalue weighted by atomic mass is 9.99.